The third kappa shape index (κ3) is 3.34. The SMILES string of the molecule is CCc1nsc(SCc2ccc(Cl)c(N)c2)n1. The number of halogens is 1. The number of nitrogen functional groups attached to an aromatic ring is 1. The maximum absolute atomic E-state index is 5.87. The number of nitrogens with zero attached hydrogens (tertiary/aromatic N) is 2. The van der Waals surface area contributed by atoms with Crippen LogP contribution in [0.4, 0.5) is 5.69 Å². The molecule has 0 spiro atoms. The Morgan fingerprint density at radius 3 is 2.94 bits per heavy atom. The van der Waals surface area contributed by atoms with Gasteiger partial charge >= 0.3 is 0 Å². The van der Waals surface area contributed by atoms with E-state index in [0.29, 0.717) is 10.7 Å². The molecule has 1 aromatic carbocycles. The molecule has 3 nitrogen and oxygen atoms in total. The molecule has 0 aliphatic rings. The Hall–Kier alpha value is -0.780. The highest BCUT2D eigenvalue weighted by molar-refractivity contribution is 8.00. The molecule has 0 radical (unpaired) electrons. The Bertz CT molecular complexity index is 513. The van der Waals surface area contributed by atoms with Gasteiger partial charge in [0.05, 0.1) is 10.7 Å². The second-order valence-corrected chi connectivity index (χ2v) is 5.86. The van der Waals surface area contributed by atoms with Crippen LogP contribution in [0, 0.1) is 0 Å². The average molecular weight is 286 g/mol. The maximum atomic E-state index is 5.87. The van der Waals surface area contributed by atoms with Gasteiger partial charge in [0, 0.05) is 12.2 Å². The maximum Gasteiger partial charge on any atom is 0.170 e. The predicted octanol–water partition coefficient (Wildman–Crippen LogP) is 3.63. The van der Waals surface area contributed by atoms with Gasteiger partial charge in [-0.3, -0.25) is 0 Å². The Labute approximate surface area is 114 Å². The lowest BCUT2D eigenvalue weighted by Crippen LogP contribution is -1.89. The molecule has 0 amide bonds. The summed E-state index contributed by atoms with van der Waals surface area (Å²) in [6.07, 6.45) is 0.880. The van der Waals surface area contributed by atoms with Crippen LogP contribution in [-0.4, -0.2) is 9.36 Å². The van der Waals surface area contributed by atoms with Crippen LogP contribution in [0.15, 0.2) is 22.5 Å². The highest BCUT2D eigenvalue weighted by atomic mass is 35.5. The molecule has 90 valence electrons. The Morgan fingerprint density at radius 2 is 2.29 bits per heavy atom. The molecular weight excluding hydrogens is 274 g/mol. The monoisotopic (exact) mass is 285 g/mol. The van der Waals surface area contributed by atoms with Crippen LogP contribution < -0.4 is 5.73 Å². The van der Waals surface area contributed by atoms with E-state index in [1.807, 2.05) is 18.2 Å². The van der Waals surface area contributed by atoms with Crippen molar-refractivity contribution in [2.75, 3.05) is 5.73 Å². The molecule has 2 N–H and O–H groups in total. The van der Waals surface area contributed by atoms with E-state index < -0.39 is 0 Å². The van der Waals surface area contributed by atoms with Crippen molar-refractivity contribution in [3.8, 4) is 0 Å². The largest absolute Gasteiger partial charge is 0.398 e. The number of thioether (sulfide) groups is 1. The molecule has 0 fully saturated rings. The number of anilines is 1. The highest BCUT2D eigenvalue weighted by Crippen LogP contribution is 2.27. The second kappa shape index (κ2) is 5.71. The molecule has 1 heterocycles. The molecule has 6 heteroatoms. The molecule has 0 saturated heterocycles. The molecule has 0 bridgehead atoms. The van der Waals surface area contributed by atoms with Crippen molar-refractivity contribution in [2.24, 2.45) is 0 Å². The number of rotatable bonds is 4. The van der Waals surface area contributed by atoms with Gasteiger partial charge in [0.1, 0.15) is 5.82 Å². The van der Waals surface area contributed by atoms with E-state index in [1.165, 1.54) is 11.5 Å². The van der Waals surface area contributed by atoms with Crippen molar-refractivity contribution in [3.63, 3.8) is 0 Å². The average Bonchev–Trinajstić information content (AvgIpc) is 2.79. The van der Waals surface area contributed by atoms with Crippen LogP contribution in [0.5, 0.6) is 0 Å². The Kier molecular flexibility index (Phi) is 4.25. The summed E-state index contributed by atoms with van der Waals surface area (Å²) in [7, 11) is 0. The fraction of sp³-hybridized carbons (Fsp3) is 0.273. The van der Waals surface area contributed by atoms with Crippen LogP contribution in [0.1, 0.15) is 18.3 Å². The van der Waals surface area contributed by atoms with Crippen LogP contribution in [-0.2, 0) is 12.2 Å². The van der Waals surface area contributed by atoms with Crippen molar-refractivity contribution >= 4 is 40.6 Å². The summed E-state index contributed by atoms with van der Waals surface area (Å²) < 4.78 is 5.24. The van der Waals surface area contributed by atoms with E-state index in [2.05, 4.69) is 16.3 Å². The van der Waals surface area contributed by atoms with E-state index in [4.69, 9.17) is 17.3 Å². The van der Waals surface area contributed by atoms with Crippen molar-refractivity contribution in [2.45, 2.75) is 23.4 Å². The minimum atomic E-state index is 0.600. The van der Waals surface area contributed by atoms with Crippen LogP contribution in [0.2, 0.25) is 5.02 Å². The first-order valence-electron chi connectivity index (χ1n) is 5.18. The zero-order chi connectivity index (χ0) is 12.3. The fourth-order valence-corrected chi connectivity index (χ4v) is 3.02. The summed E-state index contributed by atoms with van der Waals surface area (Å²) in [6.45, 7) is 2.05. The van der Waals surface area contributed by atoms with Crippen molar-refractivity contribution < 1.29 is 0 Å². The molecule has 17 heavy (non-hydrogen) atoms. The Balaban J connectivity index is 1.99. The van der Waals surface area contributed by atoms with E-state index in [0.717, 1.165) is 27.9 Å². The molecule has 0 saturated carbocycles. The number of hydrogen-bond acceptors (Lipinski definition) is 5. The van der Waals surface area contributed by atoms with Gasteiger partial charge in [0.2, 0.25) is 0 Å². The van der Waals surface area contributed by atoms with Crippen molar-refractivity contribution in [3.05, 3.63) is 34.6 Å². The molecule has 2 rings (SSSR count). The lowest BCUT2D eigenvalue weighted by molar-refractivity contribution is 0.971. The predicted molar refractivity (Wildman–Crippen MR) is 74.7 cm³/mol. The summed E-state index contributed by atoms with van der Waals surface area (Å²) in [5, 5.41) is 0.600. The van der Waals surface area contributed by atoms with Gasteiger partial charge < -0.3 is 5.73 Å². The zero-order valence-electron chi connectivity index (χ0n) is 9.31. The third-order valence-corrected chi connectivity index (χ3v) is 4.48. The Morgan fingerprint density at radius 1 is 1.47 bits per heavy atom. The highest BCUT2D eigenvalue weighted by Gasteiger charge is 2.04. The first kappa shape index (κ1) is 12.7. The minimum absolute atomic E-state index is 0.600. The summed E-state index contributed by atoms with van der Waals surface area (Å²) in [6, 6.07) is 5.70. The van der Waals surface area contributed by atoms with Gasteiger partial charge in [-0.2, -0.15) is 4.37 Å². The van der Waals surface area contributed by atoms with Crippen molar-refractivity contribution in [1.29, 1.82) is 0 Å². The molecular formula is C11H12ClN3S2. The number of aromatic nitrogens is 2. The standard InChI is InChI=1S/C11H12ClN3S2/c1-2-10-14-11(17-15-10)16-6-7-3-4-8(12)9(13)5-7/h3-5H,2,6,13H2,1H3. The lowest BCUT2D eigenvalue weighted by Gasteiger charge is -2.02. The zero-order valence-corrected chi connectivity index (χ0v) is 11.7. The molecule has 1 aromatic heterocycles. The molecule has 0 atom stereocenters. The van der Waals surface area contributed by atoms with Crippen LogP contribution in [0.3, 0.4) is 0 Å². The number of hydrogen-bond donors (Lipinski definition) is 1. The smallest absolute Gasteiger partial charge is 0.170 e. The molecule has 2 aromatic rings. The van der Waals surface area contributed by atoms with E-state index in [-0.39, 0.29) is 0 Å². The van der Waals surface area contributed by atoms with Gasteiger partial charge in [-0.15, -0.1) is 0 Å². The van der Waals surface area contributed by atoms with Gasteiger partial charge in [-0.25, -0.2) is 4.98 Å². The van der Waals surface area contributed by atoms with Crippen LogP contribution in [0.25, 0.3) is 0 Å². The summed E-state index contributed by atoms with van der Waals surface area (Å²) in [5.41, 5.74) is 7.51. The molecule has 0 aliphatic heterocycles. The molecule has 0 unspecified atom stereocenters. The summed E-state index contributed by atoms with van der Waals surface area (Å²) >= 11 is 8.98. The number of aryl methyl sites for hydroxylation is 1. The summed E-state index contributed by atoms with van der Waals surface area (Å²) in [5.74, 6) is 1.74. The van der Waals surface area contributed by atoms with Gasteiger partial charge in [0.25, 0.3) is 0 Å². The number of benzene rings is 1. The van der Waals surface area contributed by atoms with Crippen molar-refractivity contribution in [1.82, 2.24) is 9.36 Å². The second-order valence-electron chi connectivity index (χ2n) is 3.47. The van der Waals surface area contributed by atoms with E-state index in [9.17, 15) is 0 Å². The lowest BCUT2D eigenvalue weighted by atomic mass is 10.2. The normalized spacial score (nSPS) is 10.7. The minimum Gasteiger partial charge on any atom is -0.398 e. The third-order valence-electron chi connectivity index (χ3n) is 2.19. The van der Waals surface area contributed by atoms with Gasteiger partial charge in [-0.05, 0) is 29.2 Å². The summed E-state index contributed by atoms with van der Waals surface area (Å²) in [4.78, 5) is 4.40. The van der Waals surface area contributed by atoms with E-state index >= 15 is 0 Å². The first-order valence-corrected chi connectivity index (χ1v) is 7.32. The number of nitrogens with two attached hydrogens (primary N) is 1. The van der Waals surface area contributed by atoms with E-state index in [1.54, 1.807) is 11.8 Å². The fourth-order valence-electron chi connectivity index (χ4n) is 1.27. The van der Waals surface area contributed by atoms with Gasteiger partial charge in [-0.1, -0.05) is 36.4 Å². The molecule has 0 aliphatic carbocycles. The van der Waals surface area contributed by atoms with Crippen LogP contribution >= 0.6 is 34.9 Å². The first-order chi connectivity index (χ1) is 8.19. The topological polar surface area (TPSA) is 51.8 Å². The quantitative estimate of drug-likeness (QED) is 0.688. The van der Waals surface area contributed by atoms with Gasteiger partial charge in [0.15, 0.2) is 4.34 Å².